The van der Waals surface area contributed by atoms with E-state index in [-0.39, 0.29) is 17.6 Å². The molecule has 8 heteroatoms. The zero-order chi connectivity index (χ0) is 18.9. The minimum Gasteiger partial charge on any atom is -0.495 e. The third-order valence-corrected chi connectivity index (χ3v) is 4.56. The Balaban J connectivity index is 1.87. The van der Waals surface area contributed by atoms with Gasteiger partial charge in [-0.3, -0.25) is 4.79 Å². The van der Waals surface area contributed by atoms with Crippen LogP contribution in [0.4, 0.5) is 10.6 Å². The molecule has 0 unspecified atom stereocenters. The van der Waals surface area contributed by atoms with Crippen LogP contribution in [0.2, 0.25) is 5.02 Å². The molecule has 1 aliphatic rings. The smallest absolute Gasteiger partial charge is 0.330 e. The van der Waals surface area contributed by atoms with E-state index in [0.29, 0.717) is 22.9 Å². The Hall–Kier alpha value is -2.80. The number of hydrogen-bond donors (Lipinski definition) is 1. The molecule has 3 amide bonds. The fraction of sp³-hybridized carbons (Fsp3) is 0.278. The zero-order valence-corrected chi connectivity index (χ0v) is 15.3. The summed E-state index contributed by atoms with van der Waals surface area (Å²) < 4.78 is 10.9. The summed E-state index contributed by atoms with van der Waals surface area (Å²) >= 11 is 6.00. The molecule has 136 valence electrons. The van der Waals surface area contributed by atoms with Gasteiger partial charge in [0.1, 0.15) is 22.9 Å². The van der Waals surface area contributed by atoms with E-state index in [4.69, 9.17) is 21.1 Å². The summed E-state index contributed by atoms with van der Waals surface area (Å²) in [7, 11) is 1.51. The van der Waals surface area contributed by atoms with Crippen LogP contribution in [0.5, 0.6) is 17.4 Å². The Kier molecular flexibility index (Phi) is 4.73. The number of rotatable bonds is 5. The Bertz CT molecular complexity index is 873. The second kappa shape index (κ2) is 6.84. The van der Waals surface area contributed by atoms with Crippen molar-refractivity contribution < 1.29 is 19.1 Å². The normalized spacial score (nSPS) is 19.5. The number of amides is 3. The number of methoxy groups -OCH3 is 1. The molecule has 1 aromatic heterocycles. The van der Waals surface area contributed by atoms with E-state index in [0.717, 1.165) is 4.90 Å². The second-order valence-corrected chi connectivity index (χ2v) is 6.40. The molecular formula is C18H18ClN3O4. The summed E-state index contributed by atoms with van der Waals surface area (Å²) in [6.07, 6.45) is 0.481. The van der Waals surface area contributed by atoms with Crippen molar-refractivity contribution in [2.24, 2.45) is 0 Å². The molecule has 0 aliphatic carbocycles. The number of aromatic nitrogens is 1. The van der Waals surface area contributed by atoms with Crippen molar-refractivity contribution in [2.75, 3.05) is 12.0 Å². The quantitative estimate of drug-likeness (QED) is 0.805. The van der Waals surface area contributed by atoms with Crippen molar-refractivity contribution >= 4 is 29.4 Å². The van der Waals surface area contributed by atoms with Crippen molar-refractivity contribution in [1.29, 1.82) is 0 Å². The average Bonchev–Trinajstić information content (AvgIpc) is 2.86. The summed E-state index contributed by atoms with van der Waals surface area (Å²) in [5.74, 6) is 1.02. The van der Waals surface area contributed by atoms with E-state index in [9.17, 15) is 9.59 Å². The highest BCUT2D eigenvalue weighted by Gasteiger charge is 2.47. The van der Waals surface area contributed by atoms with E-state index < -0.39 is 11.6 Å². The number of imide groups is 1. The van der Waals surface area contributed by atoms with Gasteiger partial charge in [-0.15, -0.1) is 0 Å². The van der Waals surface area contributed by atoms with Gasteiger partial charge in [-0.2, -0.15) is 4.98 Å². The van der Waals surface area contributed by atoms with Gasteiger partial charge in [0.2, 0.25) is 5.88 Å². The summed E-state index contributed by atoms with van der Waals surface area (Å²) in [4.78, 5) is 30.1. The Labute approximate surface area is 155 Å². The first kappa shape index (κ1) is 18.0. The van der Waals surface area contributed by atoms with Crippen molar-refractivity contribution in [3.8, 4) is 17.4 Å². The number of urea groups is 1. The van der Waals surface area contributed by atoms with Crippen LogP contribution in [0.1, 0.15) is 20.3 Å². The van der Waals surface area contributed by atoms with Crippen molar-refractivity contribution in [3.63, 3.8) is 0 Å². The third-order valence-electron chi connectivity index (χ3n) is 4.25. The van der Waals surface area contributed by atoms with Crippen LogP contribution in [-0.2, 0) is 4.79 Å². The van der Waals surface area contributed by atoms with Gasteiger partial charge < -0.3 is 14.8 Å². The largest absolute Gasteiger partial charge is 0.495 e. The summed E-state index contributed by atoms with van der Waals surface area (Å²) in [6, 6.07) is 9.30. The number of benzene rings is 1. The number of carbonyl (C=O) groups is 2. The predicted octanol–water partition coefficient (Wildman–Crippen LogP) is 3.76. The fourth-order valence-electron chi connectivity index (χ4n) is 2.54. The zero-order valence-electron chi connectivity index (χ0n) is 14.6. The lowest BCUT2D eigenvalue weighted by molar-refractivity contribution is -0.121. The molecule has 1 atom stereocenters. The Morgan fingerprint density at radius 2 is 2.04 bits per heavy atom. The van der Waals surface area contributed by atoms with Crippen LogP contribution in [0.15, 0.2) is 36.4 Å². The molecule has 2 heterocycles. The van der Waals surface area contributed by atoms with Gasteiger partial charge in [-0.05, 0) is 31.5 Å². The highest BCUT2D eigenvalue weighted by molar-refractivity contribution is 6.32. The molecule has 0 spiro atoms. The third kappa shape index (κ3) is 3.17. The van der Waals surface area contributed by atoms with E-state index >= 15 is 0 Å². The highest BCUT2D eigenvalue weighted by Crippen LogP contribution is 2.32. The first-order chi connectivity index (χ1) is 12.4. The average molecular weight is 376 g/mol. The number of ether oxygens (including phenoxy) is 2. The molecule has 26 heavy (non-hydrogen) atoms. The lowest BCUT2D eigenvalue weighted by atomic mass is 9.99. The maximum absolute atomic E-state index is 12.6. The lowest BCUT2D eigenvalue weighted by Crippen LogP contribution is -2.43. The van der Waals surface area contributed by atoms with Gasteiger partial charge in [0.25, 0.3) is 5.91 Å². The SMILES string of the molecule is CC[C@]1(C)NC(=O)N(c2cccc(Oc3ccc(Cl)c(OC)c3)n2)C1=O. The summed E-state index contributed by atoms with van der Waals surface area (Å²) in [6.45, 7) is 3.52. The Morgan fingerprint density at radius 1 is 1.27 bits per heavy atom. The van der Waals surface area contributed by atoms with Crippen LogP contribution < -0.4 is 19.7 Å². The standard InChI is InChI=1S/C18H18ClN3O4/c1-4-18(2)16(23)22(17(24)21-18)14-6-5-7-15(20-14)26-11-8-9-12(19)13(10-11)25-3/h5-10H,4H2,1-3H3,(H,21,24)/t18-/m0/s1. The van der Waals surface area contributed by atoms with E-state index in [1.54, 1.807) is 43.3 Å². The molecule has 0 radical (unpaired) electrons. The first-order valence-corrected chi connectivity index (χ1v) is 8.41. The molecule has 2 aromatic rings. The van der Waals surface area contributed by atoms with Crippen LogP contribution in [0.25, 0.3) is 0 Å². The number of hydrogen-bond acceptors (Lipinski definition) is 5. The molecule has 7 nitrogen and oxygen atoms in total. The summed E-state index contributed by atoms with van der Waals surface area (Å²) in [5, 5.41) is 3.15. The second-order valence-electron chi connectivity index (χ2n) is 5.99. The summed E-state index contributed by atoms with van der Waals surface area (Å²) in [5.41, 5.74) is -0.931. The maximum atomic E-state index is 12.6. The van der Waals surface area contributed by atoms with Gasteiger partial charge >= 0.3 is 6.03 Å². The van der Waals surface area contributed by atoms with Gasteiger partial charge in [0.05, 0.1) is 12.1 Å². The topological polar surface area (TPSA) is 80.8 Å². The van der Waals surface area contributed by atoms with Crippen molar-refractivity contribution in [2.45, 2.75) is 25.8 Å². The maximum Gasteiger partial charge on any atom is 0.330 e. The molecule has 0 saturated carbocycles. The molecule has 1 aromatic carbocycles. The molecule has 3 rings (SSSR count). The number of nitrogens with zero attached hydrogens (tertiary/aromatic N) is 2. The van der Waals surface area contributed by atoms with Crippen molar-refractivity contribution in [1.82, 2.24) is 10.3 Å². The molecule has 1 fully saturated rings. The van der Waals surface area contributed by atoms with E-state index in [1.165, 1.54) is 7.11 Å². The van der Waals surface area contributed by atoms with Gasteiger partial charge in [-0.25, -0.2) is 9.69 Å². The molecule has 1 N–H and O–H groups in total. The van der Waals surface area contributed by atoms with E-state index in [2.05, 4.69) is 10.3 Å². The first-order valence-electron chi connectivity index (χ1n) is 8.03. The van der Waals surface area contributed by atoms with Gasteiger partial charge in [-0.1, -0.05) is 24.6 Å². The number of carbonyl (C=O) groups excluding carboxylic acids is 2. The van der Waals surface area contributed by atoms with Gasteiger partial charge in [0, 0.05) is 12.1 Å². The van der Waals surface area contributed by atoms with E-state index in [1.807, 2.05) is 6.92 Å². The monoisotopic (exact) mass is 375 g/mol. The Morgan fingerprint density at radius 3 is 2.69 bits per heavy atom. The number of pyridine rings is 1. The highest BCUT2D eigenvalue weighted by atomic mass is 35.5. The minimum atomic E-state index is -0.931. The van der Waals surface area contributed by atoms with Crippen LogP contribution >= 0.6 is 11.6 Å². The number of nitrogens with one attached hydrogen (secondary N) is 1. The fourth-order valence-corrected chi connectivity index (χ4v) is 2.74. The molecular weight excluding hydrogens is 358 g/mol. The van der Waals surface area contributed by atoms with Crippen LogP contribution in [0, 0.1) is 0 Å². The van der Waals surface area contributed by atoms with Crippen molar-refractivity contribution in [3.05, 3.63) is 41.4 Å². The number of anilines is 1. The lowest BCUT2D eigenvalue weighted by Gasteiger charge is -2.19. The molecule has 0 bridgehead atoms. The molecule has 1 aliphatic heterocycles. The molecule has 1 saturated heterocycles. The van der Waals surface area contributed by atoms with Crippen LogP contribution in [-0.4, -0.2) is 29.6 Å². The minimum absolute atomic E-state index is 0.197. The van der Waals surface area contributed by atoms with Gasteiger partial charge in [0.15, 0.2) is 0 Å². The number of halogens is 1. The van der Waals surface area contributed by atoms with Crippen LogP contribution in [0.3, 0.4) is 0 Å². The predicted molar refractivity (Wildman–Crippen MR) is 97.0 cm³/mol.